The molecule has 3 aromatic carbocycles. The summed E-state index contributed by atoms with van der Waals surface area (Å²) < 4.78 is 12.6. The SMILES string of the molecule is CCCCCOc1ccc(C2C(C(=O)/C=C/c3ccccc3)=C(O)C(=O)N2c2nc3c(C)cc(C)cc3s2)cc1OC. The van der Waals surface area contributed by atoms with Crippen LogP contribution < -0.4 is 14.4 Å². The quantitative estimate of drug-likeness (QED) is 0.144. The third-order valence-corrected chi connectivity index (χ3v) is 8.24. The molecule has 1 aromatic heterocycles. The first kappa shape index (κ1) is 29.1. The van der Waals surface area contributed by atoms with Crippen LogP contribution in [0.25, 0.3) is 16.3 Å². The van der Waals surface area contributed by atoms with Crippen LogP contribution >= 0.6 is 11.3 Å². The fourth-order valence-corrected chi connectivity index (χ4v) is 6.33. The maximum atomic E-state index is 13.7. The highest BCUT2D eigenvalue weighted by atomic mass is 32.1. The molecule has 0 spiro atoms. The minimum Gasteiger partial charge on any atom is -0.503 e. The second-order valence-corrected chi connectivity index (χ2v) is 11.3. The number of unbranched alkanes of at least 4 members (excludes halogenated alkanes) is 2. The number of nitrogens with zero attached hydrogens (tertiary/aromatic N) is 2. The molecule has 1 atom stereocenters. The molecule has 0 aliphatic carbocycles. The van der Waals surface area contributed by atoms with Crippen LogP contribution in [-0.2, 0) is 9.59 Å². The second-order valence-electron chi connectivity index (χ2n) is 10.3. The number of aromatic nitrogens is 1. The maximum Gasteiger partial charge on any atom is 0.296 e. The van der Waals surface area contributed by atoms with E-state index in [0.717, 1.165) is 46.2 Å². The van der Waals surface area contributed by atoms with Crippen molar-refractivity contribution in [3.8, 4) is 11.5 Å². The lowest BCUT2D eigenvalue weighted by molar-refractivity contribution is -0.117. The predicted octanol–water partition coefficient (Wildman–Crippen LogP) is 7.67. The van der Waals surface area contributed by atoms with E-state index in [4.69, 9.17) is 14.5 Å². The molecule has 5 rings (SSSR count). The van der Waals surface area contributed by atoms with Gasteiger partial charge in [0, 0.05) is 0 Å². The Morgan fingerprint density at radius 2 is 1.86 bits per heavy atom. The van der Waals surface area contributed by atoms with Crippen molar-refractivity contribution in [3.63, 3.8) is 0 Å². The molecule has 42 heavy (non-hydrogen) atoms. The van der Waals surface area contributed by atoms with Gasteiger partial charge in [0.1, 0.15) is 0 Å². The standard InChI is InChI=1S/C34H34N2O5S/c1-5-6-10-17-41-26-16-14-24(20-27(26)40-4)31-29(25(37)15-13-23-11-8-7-9-12-23)32(38)33(39)36(31)34-35-30-22(3)18-21(2)19-28(30)42-34/h7-9,11-16,18-20,31,38H,5-6,10,17H2,1-4H3/b15-13+. The number of fused-ring (bicyclic) bond motifs is 1. The molecule has 7 nitrogen and oxygen atoms in total. The zero-order valence-corrected chi connectivity index (χ0v) is 25.0. The molecule has 1 aliphatic heterocycles. The Bertz CT molecular complexity index is 1690. The van der Waals surface area contributed by atoms with Crippen molar-refractivity contribution in [1.29, 1.82) is 0 Å². The van der Waals surface area contributed by atoms with Crippen LogP contribution in [-0.4, -0.2) is 35.5 Å². The minimum absolute atomic E-state index is 0.0157. The predicted molar refractivity (Wildman–Crippen MR) is 167 cm³/mol. The zero-order valence-electron chi connectivity index (χ0n) is 24.2. The van der Waals surface area contributed by atoms with E-state index < -0.39 is 23.5 Å². The normalized spacial score (nSPS) is 15.3. The Hall–Kier alpha value is -4.43. The second kappa shape index (κ2) is 12.6. The number of aliphatic hydroxyl groups excluding tert-OH is 1. The lowest BCUT2D eigenvalue weighted by Gasteiger charge is -2.25. The molecule has 0 bridgehead atoms. The molecule has 4 aromatic rings. The summed E-state index contributed by atoms with van der Waals surface area (Å²) >= 11 is 1.35. The Morgan fingerprint density at radius 3 is 2.60 bits per heavy atom. The van der Waals surface area contributed by atoms with Crippen molar-refractivity contribution in [3.05, 3.63) is 100 Å². The monoisotopic (exact) mass is 582 g/mol. The van der Waals surface area contributed by atoms with Gasteiger partial charge in [0.25, 0.3) is 5.91 Å². The number of ketones is 1. The lowest BCUT2D eigenvalue weighted by Crippen LogP contribution is -2.30. The zero-order chi connectivity index (χ0) is 29.8. The lowest BCUT2D eigenvalue weighted by atomic mass is 9.95. The summed E-state index contributed by atoms with van der Waals surface area (Å²) in [4.78, 5) is 33.6. The maximum absolute atomic E-state index is 13.7. The third-order valence-electron chi connectivity index (χ3n) is 7.23. The average molecular weight is 583 g/mol. The summed E-state index contributed by atoms with van der Waals surface area (Å²) in [5, 5.41) is 11.6. The highest BCUT2D eigenvalue weighted by Crippen LogP contribution is 2.45. The minimum atomic E-state index is -0.921. The van der Waals surface area contributed by atoms with Gasteiger partial charge in [0.15, 0.2) is 28.2 Å². The molecule has 216 valence electrons. The van der Waals surface area contributed by atoms with Crippen LogP contribution in [0, 0.1) is 13.8 Å². The van der Waals surface area contributed by atoms with Crippen LogP contribution in [0.1, 0.15) is 54.5 Å². The smallest absolute Gasteiger partial charge is 0.296 e. The molecule has 1 unspecified atom stereocenters. The van der Waals surface area contributed by atoms with Gasteiger partial charge < -0.3 is 14.6 Å². The van der Waals surface area contributed by atoms with E-state index in [1.54, 1.807) is 31.4 Å². The number of hydrogen-bond donors (Lipinski definition) is 1. The van der Waals surface area contributed by atoms with E-state index >= 15 is 0 Å². The fraction of sp³-hybridized carbons (Fsp3) is 0.265. The molecule has 0 saturated carbocycles. The number of carbonyl (C=O) groups is 2. The number of carbonyl (C=O) groups excluding carboxylic acids is 2. The summed E-state index contributed by atoms with van der Waals surface area (Å²) in [6, 6.07) is 17.9. The number of aryl methyl sites for hydroxylation is 2. The Morgan fingerprint density at radius 1 is 1.07 bits per heavy atom. The number of ether oxygens (including phenoxy) is 2. The first-order valence-electron chi connectivity index (χ1n) is 14.0. The van der Waals surface area contributed by atoms with Crippen molar-refractivity contribution in [2.45, 2.75) is 46.1 Å². The Labute approximate surface area is 249 Å². The van der Waals surface area contributed by atoms with Gasteiger partial charge in [-0.05, 0) is 66.8 Å². The Kier molecular flexibility index (Phi) is 8.73. The van der Waals surface area contributed by atoms with Crippen LogP contribution in [0.3, 0.4) is 0 Å². The molecular formula is C34H34N2O5S. The molecule has 0 fully saturated rings. The molecule has 1 aliphatic rings. The van der Waals surface area contributed by atoms with E-state index in [1.807, 2.05) is 56.3 Å². The van der Waals surface area contributed by atoms with Crippen LogP contribution in [0.2, 0.25) is 0 Å². The van der Waals surface area contributed by atoms with E-state index in [0.29, 0.717) is 28.8 Å². The average Bonchev–Trinajstić information content (AvgIpc) is 3.53. The van der Waals surface area contributed by atoms with Crippen molar-refractivity contribution in [2.75, 3.05) is 18.6 Å². The summed E-state index contributed by atoms with van der Waals surface area (Å²) in [6.07, 6.45) is 6.13. The molecular weight excluding hydrogens is 548 g/mol. The summed E-state index contributed by atoms with van der Waals surface area (Å²) in [7, 11) is 1.55. The summed E-state index contributed by atoms with van der Waals surface area (Å²) in [5.74, 6) is -0.684. The largest absolute Gasteiger partial charge is 0.503 e. The first-order chi connectivity index (χ1) is 20.3. The highest BCUT2D eigenvalue weighted by molar-refractivity contribution is 7.22. The number of aliphatic hydroxyl groups is 1. The number of rotatable bonds is 11. The van der Waals surface area contributed by atoms with Crippen molar-refractivity contribution >= 4 is 44.5 Å². The van der Waals surface area contributed by atoms with E-state index in [1.165, 1.54) is 22.3 Å². The number of amides is 1. The van der Waals surface area contributed by atoms with Gasteiger partial charge in [0.2, 0.25) is 0 Å². The number of thiazole rings is 1. The van der Waals surface area contributed by atoms with Crippen LogP contribution in [0.5, 0.6) is 11.5 Å². The number of benzene rings is 3. The number of hydrogen-bond acceptors (Lipinski definition) is 7. The highest BCUT2D eigenvalue weighted by Gasteiger charge is 2.45. The van der Waals surface area contributed by atoms with Crippen molar-refractivity contribution in [2.24, 2.45) is 0 Å². The van der Waals surface area contributed by atoms with Crippen LogP contribution in [0.15, 0.2) is 78.1 Å². The van der Waals surface area contributed by atoms with Gasteiger partial charge in [-0.25, -0.2) is 4.98 Å². The topological polar surface area (TPSA) is 89.0 Å². The van der Waals surface area contributed by atoms with Gasteiger partial charge in [-0.3, -0.25) is 14.5 Å². The van der Waals surface area contributed by atoms with Gasteiger partial charge in [-0.15, -0.1) is 0 Å². The van der Waals surface area contributed by atoms with E-state index in [2.05, 4.69) is 6.92 Å². The molecule has 0 radical (unpaired) electrons. The van der Waals surface area contributed by atoms with E-state index in [9.17, 15) is 14.7 Å². The summed E-state index contributed by atoms with van der Waals surface area (Å²) in [5.41, 5.74) is 4.25. The summed E-state index contributed by atoms with van der Waals surface area (Å²) in [6.45, 7) is 6.67. The van der Waals surface area contributed by atoms with Gasteiger partial charge >= 0.3 is 0 Å². The van der Waals surface area contributed by atoms with Gasteiger partial charge in [-0.1, -0.05) is 79.6 Å². The van der Waals surface area contributed by atoms with Crippen molar-refractivity contribution < 1.29 is 24.2 Å². The molecule has 8 heteroatoms. The molecule has 1 amide bonds. The number of allylic oxidation sites excluding steroid dienone is 1. The molecule has 0 saturated heterocycles. The first-order valence-corrected chi connectivity index (χ1v) is 14.9. The van der Waals surface area contributed by atoms with E-state index in [-0.39, 0.29) is 5.57 Å². The number of methoxy groups -OCH3 is 1. The molecule has 1 N–H and O–H groups in total. The molecule has 2 heterocycles. The third kappa shape index (κ3) is 5.81. The van der Waals surface area contributed by atoms with Crippen LogP contribution in [0.4, 0.5) is 5.13 Å². The number of anilines is 1. The fourth-order valence-electron chi connectivity index (χ4n) is 5.17. The van der Waals surface area contributed by atoms with Gasteiger partial charge in [-0.2, -0.15) is 0 Å². The Balaban J connectivity index is 1.59. The van der Waals surface area contributed by atoms with Crippen molar-refractivity contribution in [1.82, 2.24) is 4.98 Å². The van der Waals surface area contributed by atoms with Gasteiger partial charge in [0.05, 0.1) is 35.5 Å².